The maximum absolute atomic E-state index is 12.5. The Morgan fingerprint density at radius 3 is 2.55 bits per heavy atom. The fourth-order valence-electron chi connectivity index (χ4n) is 2.20. The van der Waals surface area contributed by atoms with Crippen LogP contribution in [0.4, 0.5) is 0 Å². The Morgan fingerprint density at radius 2 is 2.00 bits per heavy atom. The van der Waals surface area contributed by atoms with E-state index >= 15 is 0 Å². The second-order valence-corrected chi connectivity index (χ2v) is 7.44. The van der Waals surface area contributed by atoms with Crippen LogP contribution in [0, 0.1) is 0 Å². The van der Waals surface area contributed by atoms with Crippen molar-refractivity contribution < 1.29 is 24.3 Å². The first-order chi connectivity index (χ1) is 13.8. The van der Waals surface area contributed by atoms with Gasteiger partial charge in [0.2, 0.25) is 17.7 Å². The lowest BCUT2D eigenvalue weighted by atomic mass is 10.1. The van der Waals surface area contributed by atoms with E-state index in [0.29, 0.717) is 17.9 Å². The fourth-order valence-corrected chi connectivity index (χ4v) is 2.94. The van der Waals surface area contributed by atoms with Gasteiger partial charge in [0.25, 0.3) is 0 Å². The number of aliphatic carboxylic acids is 1. The predicted octanol–water partition coefficient (Wildman–Crippen LogP) is -1.87. The maximum atomic E-state index is 12.5. The number of nitrogens with zero attached hydrogens (tertiary/aromatic N) is 1. The van der Waals surface area contributed by atoms with Gasteiger partial charge in [0.1, 0.15) is 12.1 Å². The largest absolute Gasteiger partial charge is 0.480 e. The molecule has 0 aliphatic heterocycles. The lowest BCUT2D eigenvalue weighted by Gasteiger charge is -2.20. The summed E-state index contributed by atoms with van der Waals surface area (Å²) in [6.45, 7) is -0.454. The number of amides is 3. The van der Waals surface area contributed by atoms with E-state index < -0.39 is 48.4 Å². The average molecular weight is 447 g/mol. The minimum atomic E-state index is -1.23. The molecule has 1 aromatic heterocycles. The average Bonchev–Trinajstić information content (AvgIpc) is 3.20. The number of nitrogens with two attached hydrogens (primary N) is 1. The van der Waals surface area contributed by atoms with Gasteiger partial charge in [0, 0.05) is 24.1 Å². The standard InChI is InChI=1S/C16H26N6O5S2/c1-29-3-2-10(17)14(24)22-11(4-9-5-18-8-20-9)15(25)19-6-13(23)21-12(7-28)16(26)27/h5,8,10-12,28H,2-4,6-7,17H2,1H3,(H,18,20)(H,19,25)(H,21,23)(H,22,24)(H,26,27). The van der Waals surface area contributed by atoms with Crippen molar-refractivity contribution in [2.24, 2.45) is 5.73 Å². The highest BCUT2D eigenvalue weighted by atomic mass is 32.2. The van der Waals surface area contributed by atoms with Crippen LogP contribution in [0.25, 0.3) is 0 Å². The van der Waals surface area contributed by atoms with Crippen molar-refractivity contribution in [2.75, 3.05) is 24.3 Å². The number of aromatic nitrogens is 2. The van der Waals surface area contributed by atoms with Gasteiger partial charge in [0.15, 0.2) is 0 Å². The molecule has 0 spiro atoms. The van der Waals surface area contributed by atoms with Crippen LogP contribution in [0.5, 0.6) is 0 Å². The number of carbonyl (C=O) groups excluding carboxylic acids is 3. The minimum absolute atomic E-state index is 0.0958. The zero-order valence-electron chi connectivity index (χ0n) is 15.9. The molecule has 0 saturated heterocycles. The van der Waals surface area contributed by atoms with E-state index in [-0.39, 0.29) is 12.2 Å². The molecular weight excluding hydrogens is 420 g/mol. The van der Waals surface area contributed by atoms with Crippen molar-refractivity contribution in [1.82, 2.24) is 25.9 Å². The second-order valence-electron chi connectivity index (χ2n) is 6.09. The minimum Gasteiger partial charge on any atom is -0.480 e. The summed E-state index contributed by atoms with van der Waals surface area (Å²) in [6.07, 6.45) is 5.41. The van der Waals surface area contributed by atoms with Gasteiger partial charge < -0.3 is 31.8 Å². The first-order valence-corrected chi connectivity index (χ1v) is 10.7. The molecule has 0 aromatic carbocycles. The second kappa shape index (κ2) is 13.1. The van der Waals surface area contributed by atoms with Gasteiger partial charge in [-0.2, -0.15) is 24.4 Å². The van der Waals surface area contributed by atoms with E-state index in [1.54, 1.807) is 11.8 Å². The van der Waals surface area contributed by atoms with Crippen molar-refractivity contribution >= 4 is 48.1 Å². The Bertz CT molecular complexity index is 687. The normalized spacial score (nSPS) is 13.8. The van der Waals surface area contributed by atoms with Crippen LogP contribution in [-0.2, 0) is 25.6 Å². The zero-order chi connectivity index (χ0) is 21.8. The van der Waals surface area contributed by atoms with Crippen molar-refractivity contribution in [1.29, 1.82) is 0 Å². The number of imidazole rings is 1. The number of thiol groups is 1. The molecule has 1 heterocycles. The zero-order valence-corrected chi connectivity index (χ0v) is 17.6. The summed E-state index contributed by atoms with van der Waals surface area (Å²) < 4.78 is 0. The third kappa shape index (κ3) is 9.19. The Labute approximate surface area is 177 Å². The summed E-state index contributed by atoms with van der Waals surface area (Å²) >= 11 is 5.40. The highest BCUT2D eigenvalue weighted by Gasteiger charge is 2.25. The molecule has 3 unspecified atom stereocenters. The molecular formula is C16H26N6O5S2. The number of H-pyrrole nitrogens is 1. The van der Waals surface area contributed by atoms with Crippen LogP contribution >= 0.6 is 24.4 Å². The molecule has 162 valence electrons. The van der Waals surface area contributed by atoms with Gasteiger partial charge in [0.05, 0.1) is 18.9 Å². The van der Waals surface area contributed by atoms with Crippen LogP contribution in [0.1, 0.15) is 12.1 Å². The van der Waals surface area contributed by atoms with Crippen molar-refractivity contribution in [2.45, 2.75) is 31.0 Å². The maximum Gasteiger partial charge on any atom is 0.327 e. The molecule has 0 saturated carbocycles. The molecule has 3 amide bonds. The molecule has 0 bridgehead atoms. The van der Waals surface area contributed by atoms with Crippen LogP contribution < -0.4 is 21.7 Å². The number of thioether (sulfide) groups is 1. The monoisotopic (exact) mass is 446 g/mol. The summed E-state index contributed by atoms with van der Waals surface area (Å²) in [5, 5.41) is 16.1. The van der Waals surface area contributed by atoms with Gasteiger partial charge in [-0.05, 0) is 18.4 Å². The number of nitrogens with one attached hydrogen (secondary N) is 4. The molecule has 11 nitrogen and oxygen atoms in total. The molecule has 0 aliphatic rings. The first-order valence-electron chi connectivity index (χ1n) is 8.71. The van der Waals surface area contributed by atoms with Crippen LogP contribution in [0.15, 0.2) is 12.5 Å². The fraction of sp³-hybridized carbons (Fsp3) is 0.562. The van der Waals surface area contributed by atoms with Crippen LogP contribution in [-0.4, -0.2) is 81.2 Å². The molecule has 1 rings (SSSR count). The topological polar surface area (TPSA) is 179 Å². The molecule has 29 heavy (non-hydrogen) atoms. The summed E-state index contributed by atoms with van der Waals surface area (Å²) in [4.78, 5) is 54.3. The van der Waals surface area contributed by atoms with E-state index in [0.717, 1.165) is 0 Å². The van der Waals surface area contributed by atoms with E-state index in [1.807, 2.05) is 6.26 Å². The van der Waals surface area contributed by atoms with E-state index in [1.165, 1.54) is 12.5 Å². The number of carbonyl (C=O) groups is 4. The Balaban J connectivity index is 2.69. The number of carboxylic acid groups (broad SMARTS) is 1. The van der Waals surface area contributed by atoms with Crippen molar-refractivity contribution in [3.63, 3.8) is 0 Å². The predicted molar refractivity (Wildman–Crippen MR) is 112 cm³/mol. The molecule has 13 heteroatoms. The number of carboxylic acids is 1. The molecule has 7 N–H and O–H groups in total. The lowest BCUT2D eigenvalue weighted by Crippen LogP contribution is -2.54. The van der Waals surface area contributed by atoms with Crippen molar-refractivity contribution in [3.8, 4) is 0 Å². The molecule has 0 radical (unpaired) electrons. The summed E-state index contributed by atoms with van der Waals surface area (Å²) in [5.74, 6) is -2.42. The van der Waals surface area contributed by atoms with Crippen LogP contribution in [0.2, 0.25) is 0 Å². The third-order valence-corrected chi connectivity index (χ3v) is 4.83. The quantitative estimate of drug-likeness (QED) is 0.172. The number of hydrogen-bond acceptors (Lipinski definition) is 8. The SMILES string of the molecule is CSCCC(N)C(=O)NC(Cc1cnc[nH]1)C(=O)NCC(=O)NC(CS)C(=O)O. The van der Waals surface area contributed by atoms with Crippen LogP contribution in [0.3, 0.4) is 0 Å². The lowest BCUT2D eigenvalue weighted by molar-refractivity contribution is -0.141. The van der Waals surface area contributed by atoms with E-state index in [9.17, 15) is 19.2 Å². The van der Waals surface area contributed by atoms with Gasteiger partial charge in [-0.15, -0.1) is 0 Å². The third-order valence-electron chi connectivity index (χ3n) is 3.82. The number of aromatic amines is 1. The molecule has 0 fully saturated rings. The Morgan fingerprint density at radius 1 is 1.28 bits per heavy atom. The number of rotatable bonds is 13. The Kier molecular flexibility index (Phi) is 11.2. The van der Waals surface area contributed by atoms with E-state index in [4.69, 9.17) is 10.8 Å². The summed E-state index contributed by atoms with van der Waals surface area (Å²) in [6, 6.07) is -2.93. The summed E-state index contributed by atoms with van der Waals surface area (Å²) in [7, 11) is 0. The van der Waals surface area contributed by atoms with Crippen molar-refractivity contribution in [3.05, 3.63) is 18.2 Å². The first kappa shape index (κ1) is 24.8. The molecule has 3 atom stereocenters. The van der Waals surface area contributed by atoms with Gasteiger partial charge >= 0.3 is 5.97 Å². The summed E-state index contributed by atoms with van der Waals surface area (Å²) in [5.41, 5.74) is 6.45. The number of hydrogen-bond donors (Lipinski definition) is 7. The highest BCUT2D eigenvalue weighted by molar-refractivity contribution is 7.98. The smallest absolute Gasteiger partial charge is 0.327 e. The highest BCUT2D eigenvalue weighted by Crippen LogP contribution is 2.02. The Hall–Kier alpha value is -2.25. The van der Waals surface area contributed by atoms with Gasteiger partial charge in [-0.25, -0.2) is 9.78 Å². The van der Waals surface area contributed by atoms with Gasteiger partial charge in [-0.3, -0.25) is 14.4 Å². The molecule has 0 aliphatic carbocycles. The van der Waals surface area contributed by atoms with Gasteiger partial charge in [-0.1, -0.05) is 0 Å². The molecule has 1 aromatic rings. The van der Waals surface area contributed by atoms with E-state index in [2.05, 4.69) is 38.5 Å².